The highest BCUT2D eigenvalue weighted by Crippen LogP contribution is 2.14. The number of aliphatic carboxylic acids is 1. The monoisotopic (exact) mass is 294 g/mol. The minimum Gasteiger partial charge on any atom is -0.478 e. The number of nitrogens with zero attached hydrogens (tertiary/aromatic N) is 2. The lowest BCUT2D eigenvalue weighted by Crippen LogP contribution is -2.13. The van der Waals surface area contributed by atoms with E-state index in [1.165, 1.54) is 24.5 Å². The molecule has 0 bridgehead atoms. The Hall–Kier alpha value is -2.68. The maximum Gasteiger partial charge on any atom is 0.328 e. The van der Waals surface area contributed by atoms with Gasteiger partial charge in [0.2, 0.25) is 0 Å². The second kappa shape index (κ2) is 5.53. The number of nitrogens with one attached hydrogen (secondary N) is 2. The van der Waals surface area contributed by atoms with Gasteiger partial charge in [0, 0.05) is 18.5 Å². The van der Waals surface area contributed by atoms with E-state index in [4.69, 9.17) is 5.11 Å². The molecule has 2 rings (SSSR count). The Balaban J connectivity index is 2.22. The Morgan fingerprint density at radius 1 is 1.45 bits per heavy atom. The summed E-state index contributed by atoms with van der Waals surface area (Å²) in [5.41, 5.74) is 0.507. The summed E-state index contributed by atoms with van der Waals surface area (Å²) in [5.74, 6) is -1.01. The zero-order valence-corrected chi connectivity index (χ0v) is 10.8. The Bertz CT molecular complexity index is 738. The molecular weight excluding hydrogens is 284 g/mol. The van der Waals surface area contributed by atoms with Crippen LogP contribution in [0.5, 0.6) is 0 Å². The molecule has 104 valence electrons. The van der Waals surface area contributed by atoms with E-state index < -0.39 is 16.0 Å². The zero-order valence-electron chi connectivity index (χ0n) is 10.0. The van der Waals surface area contributed by atoms with Gasteiger partial charge < -0.3 is 5.11 Å². The van der Waals surface area contributed by atoms with Crippen molar-refractivity contribution in [2.24, 2.45) is 0 Å². The van der Waals surface area contributed by atoms with Crippen LogP contribution < -0.4 is 4.72 Å². The molecular formula is C11H10N4O4S. The van der Waals surface area contributed by atoms with Crippen LogP contribution in [0, 0.1) is 0 Å². The van der Waals surface area contributed by atoms with Crippen molar-refractivity contribution >= 4 is 27.9 Å². The van der Waals surface area contributed by atoms with Gasteiger partial charge in [0.05, 0.1) is 6.20 Å². The van der Waals surface area contributed by atoms with Crippen LogP contribution in [-0.4, -0.2) is 34.7 Å². The molecule has 0 aliphatic rings. The van der Waals surface area contributed by atoms with Gasteiger partial charge in [-0.25, -0.2) is 18.2 Å². The fourth-order valence-corrected chi connectivity index (χ4v) is 2.26. The summed E-state index contributed by atoms with van der Waals surface area (Å²) in [5, 5.41) is 14.5. The Labute approximate surface area is 114 Å². The third kappa shape index (κ3) is 3.42. The Morgan fingerprint density at radius 2 is 2.25 bits per heavy atom. The first kappa shape index (κ1) is 13.7. The summed E-state index contributed by atoms with van der Waals surface area (Å²) in [6.07, 6.45) is 6.05. The predicted molar refractivity (Wildman–Crippen MR) is 70.3 cm³/mol. The van der Waals surface area contributed by atoms with Gasteiger partial charge in [0.15, 0.2) is 0 Å². The van der Waals surface area contributed by atoms with Gasteiger partial charge in [0.1, 0.15) is 10.7 Å². The smallest absolute Gasteiger partial charge is 0.328 e. The van der Waals surface area contributed by atoms with Crippen molar-refractivity contribution in [3.8, 4) is 0 Å². The summed E-state index contributed by atoms with van der Waals surface area (Å²) in [6, 6.07) is 2.96. The van der Waals surface area contributed by atoms with E-state index in [1.807, 2.05) is 0 Å². The molecule has 9 heteroatoms. The summed E-state index contributed by atoms with van der Waals surface area (Å²) < 4.78 is 26.1. The zero-order chi connectivity index (χ0) is 14.6. The van der Waals surface area contributed by atoms with E-state index in [-0.39, 0.29) is 10.7 Å². The van der Waals surface area contributed by atoms with E-state index in [9.17, 15) is 13.2 Å². The molecule has 3 N–H and O–H groups in total. The molecule has 0 radical (unpaired) electrons. The molecule has 2 aromatic rings. The fraction of sp³-hybridized carbons (Fsp3) is 0. The second-order valence-corrected chi connectivity index (χ2v) is 5.37. The summed E-state index contributed by atoms with van der Waals surface area (Å²) in [7, 11) is -3.76. The van der Waals surface area contributed by atoms with Gasteiger partial charge in [-0.1, -0.05) is 0 Å². The minimum absolute atomic E-state index is 0.0224. The van der Waals surface area contributed by atoms with Crippen LogP contribution in [0.4, 0.5) is 5.82 Å². The Kier molecular flexibility index (Phi) is 3.80. The second-order valence-electron chi connectivity index (χ2n) is 3.69. The molecule has 0 unspecified atom stereocenters. The van der Waals surface area contributed by atoms with E-state index in [0.717, 1.165) is 12.3 Å². The number of hydrogen-bond acceptors (Lipinski definition) is 5. The SMILES string of the molecule is O=C(O)/C=C/c1ccnc(NS(=O)(=O)c2cn[nH]c2)c1. The molecule has 0 atom stereocenters. The minimum atomic E-state index is -3.76. The van der Waals surface area contributed by atoms with Crippen molar-refractivity contribution in [3.63, 3.8) is 0 Å². The number of carboxylic acid groups (broad SMARTS) is 1. The van der Waals surface area contributed by atoms with Gasteiger partial charge in [-0.05, 0) is 23.8 Å². The van der Waals surface area contributed by atoms with E-state index in [0.29, 0.717) is 5.56 Å². The van der Waals surface area contributed by atoms with Crippen LogP contribution in [0.3, 0.4) is 0 Å². The number of aromatic nitrogens is 3. The van der Waals surface area contributed by atoms with Crippen molar-refractivity contribution in [2.75, 3.05) is 4.72 Å². The number of rotatable bonds is 5. The largest absolute Gasteiger partial charge is 0.478 e. The maximum absolute atomic E-state index is 11.9. The molecule has 8 nitrogen and oxygen atoms in total. The fourth-order valence-electron chi connectivity index (χ4n) is 1.36. The van der Waals surface area contributed by atoms with Gasteiger partial charge in [-0.2, -0.15) is 5.10 Å². The molecule has 0 aromatic carbocycles. The van der Waals surface area contributed by atoms with Crippen LogP contribution in [0.25, 0.3) is 6.08 Å². The first-order valence-corrected chi connectivity index (χ1v) is 6.84. The topological polar surface area (TPSA) is 125 Å². The number of hydrogen-bond donors (Lipinski definition) is 3. The van der Waals surface area contributed by atoms with Crippen molar-refractivity contribution in [1.82, 2.24) is 15.2 Å². The molecule has 0 saturated carbocycles. The number of aromatic amines is 1. The normalized spacial score (nSPS) is 11.6. The van der Waals surface area contributed by atoms with Crippen LogP contribution in [0.15, 0.2) is 41.7 Å². The average molecular weight is 294 g/mol. The predicted octanol–water partition coefficient (Wildman–Crippen LogP) is 0.703. The molecule has 0 spiro atoms. The lowest BCUT2D eigenvalue weighted by atomic mass is 10.2. The van der Waals surface area contributed by atoms with Crippen LogP contribution in [0.1, 0.15) is 5.56 Å². The standard InChI is InChI=1S/C11H10N4O4S/c16-11(17)2-1-8-3-4-12-10(5-8)15-20(18,19)9-6-13-14-7-9/h1-7H,(H,12,15)(H,13,14)(H,16,17)/b2-1+. The summed E-state index contributed by atoms with van der Waals surface area (Å²) in [6.45, 7) is 0. The quantitative estimate of drug-likeness (QED) is 0.697. The number of carboxylic acids is 1. The van der Waals surface area contributed by atoms with Gasteiger partial charge in [0.25, 0.3) is 10.0 Å². The molecule has 0 amide bonds. The number of pyridine rings is 1. The summed E-state index contributed by atoms with van der Waals surface area (Å²) in [4.78, 5) is 14.3. The molecule has 0 aliphatic heterocycles. The average Bonchev–Trinajstić information content (AvgIpc) is 2.91. The molecule has 20 heavy (non-hydrogen) atoms. The molecule has 0 saturated heterocycles. The lowest BCUT2D eigenvalue weighted by molar-refractivity contribution is -0.131. The molecule has 2 aromatic heterocycles. The highest BCUT2D eigenvalue weighted by molar-refractivity contribution is 7.92. The van der Waals surface area contributed by atoms with E-state index in [1.54, 1.807) is 6.07 Å². The maximum atomic E-state index is 11.9. The highest BCUT2D eigenvalue weighted by atomic mass is 32.2. The van der Waals surface area contributed by atoms with Gasteiger partial charge >= 0.3 is 5.97 Å². The van der Waals surface area contributed by atoms with E-state index >= 15 is 0 Å². The first-order valence-electron chi connectivity index (χ1n) is 5.36. The van der Waals surface area contributed by atoms with Gasteiger partial charge in [-0.3, -0.25) is 9.82 Å². The van der Waals surface area contributed by atoms with Crippen LogP contribution in [-0.2, 0) is 14.8 Å². The first-order chi connectivity index (χ1) is 9.47. The lowest BCUT2D eigenvalue weighted by Gasteiger charge is -2.05. The van der Waals surface area contributed by atoms with Crippen LogP contribution in [0.2, 0.25) is 0 Å². The van der Waals surface area contributed by atoms with Crippen molar-refractivity contribution in [1.29, 1.82) is 0 Å². The van der Waals surface area contributed by atoms with Crippen molar-refractivity contribution in [2.45, 2.75) is 4.90 Å². The van der Waals surface area contributed by atoms with E-state index in [2.05, 4.69) is 19.9 Å². The number of H-pyrrole nitrogens is 1. The molecule has 0 fully saturated rings. The molecule has 2 heterocycles. The Morgan fingerprint density at radius 3 is 2.90 bits per heavy atom. The number of anilines is 1. The highest BCUT2D eigenvalue weighted by Gasteiger charge is 2.15. The molecule has 0 aliphatic carbocycles. The summed E-state index contributed by atoms with van der Waals surface area (Å²) >= 11 is 0. The van der Waals surface area contributed by atoms with Crippen molar-refractivity contribution < 1.29 is 18.3 Å². The van der Waals surface area contributed by atoms with Crippen LogP contribution >= 0.6 is 0 Å². The van der Waals surface area contributed by atoms with Crippen molar-refractivity contribution in [3.05, 3.63) is 42.4 Å². The third-order valence-electron chi connectivity index (χ3n) is 2.22. The third-order valence-corrected chi connectivity index (χ3v) is 3.55. The number of sulfonamides is 1. The number of carbonyl (C=O) groups is 1. The van der Waals surface area contributed by atoms with Gasteiger partial charge in [-0.15, -0.1) is 0 Å².